The molecule has 10 heteroatoms. The van der Waals surface area contributed by atoms with Crippen LogP contribution in [0.5, 0.6) is 0 Å². The predicted molar refractivity (Wildman–Crippen MR) is 121 cm³/mol. The van der Waals surface area contributed by atoms with Crippen LogP contribution < -0.4 is 5.73 Å². The number of rotatable bonds is 3. The maximum absolute atomic E-state index is 12.9. The second kappa shape index (κ2) is 8.42. The van der Waals surface area contributed by atoms with E-state index in [1.165, 1.54) is 4.90 Å². The summed E-state index contributed by atoms with van der Waals surface area (Å²) in [6.07, 6.45) is 4.68. The normalized spacial score (nSPS) is 21.0. The van der Waals surface area contributed by atoms with Crippen LogP contribution in [0.4, 0.5) is 10.6 Å². The molecule has 2 aliphatic rings. The highest BCUT2D eigenvalue weighted by atomic mass is 79.9. The van der Waals surface area contributed by atoms with Crippen molar-refractivity contribution < 1.29 is 14.3 Å². The number of halogens is 1. The standard InChI is InChI=1S/C22H23BrN6O3/c23-19-18-20(24)25-8-9-28(18)21(26-19)15-6-7-16-11-27(12-17(30)29(16)10-15)22(31)32-13-14-4-2-1-3-5-14/h1-5,8-9,15-16H,6-7,10-13H2,(H2,24,25)/t15-,16-/m1/s1. The van der Waals surface area contributed by atoms with Crippen LogP contribution in [0, 0.1) is 0 Å². The number of piperazine rings is 1. The van der Waals surface area contributed by atoms with E-state index in [2.05, 4.69) is 25.9 Å². The third-order valence-corrected chi connectivity index (χ3v) is 6.73. The van der Waals surface area contributed by atoms with E-state index in [4.69, 9.17) is 10.5 Å². The summed E-state index contributed by atoms with van der Waals surface area (Å²) in [7, 11) is 0. The number of anilines is 1. The number of nitrogen functional groups attached to an aromatic ring is 1. The zero-order valence-electron chi connectivity index (χ0n) is 17.4. The summed E-state index contributed by atoms with van der Waals surface area (Å²) < 4.78 is 8.02. The monoisotopic (exact) mass is 498 g/mol. The van der Waals surface area contributed by atoms with Gasteiger partial charge in [0.05, 0.1) is 0 Å². The molecule has 2 saturated heterocycles. The van der Waals surface area contributed by atoms with Crippen molar-refractivity contribution in [3.05, 3.63) is 58.7 Å². The van der Waals surface area contributed by atoms with E-state index in [0.717, 1.165) is 29.7 Å². The highest BCUT2D eigenvalue weighted by molar-refractivity contribution is 9.10. The molecule has 166 valence electrons. The van der Waals surface area contributed by atoms with Gasteiger partial charge in [-0.25, -0.2) is 14.8 Å². The van der Waals surface area contributed by atoms with Crippen molar-refractivity contribution in [2.45, 2.75) is 31.4 Å². The molecule has 2 N–H and O–H groups in total. The molecular formula is C22H23BrN6O3. The SMILES string of the molecule is Nc1nccn2c([C@@H]3CC[C@@H]4CN(C(=O)OCc5ccccc5)CC(=O)N4C3)nc(Br)c12. The van der Waals surface area contributed by atoms with Crippen molar-refractivity contribution in [3.8, 4) is 0 Å². The molecule has 0 unspecified atom stereocenters. The Labute approximate surface area is 193 Å². The Balaban J connectivity index is 1.26. The number of benzene rings is 1. The van der Waals surface area contributed by atoms with Crippen LogP contribution in [0.25, 0.3) is 5.52 Å². The first kappa shape index (κ1) is 20.7. The lowest BCUT2D eigenvalue weighted by Gasteiger charge is -2.45. The molecule has 1 aromatic carbocycles. The lowest BCUT2D eigenvalue weighted by Crippen LogP contribution is -2.60. The van der Waals surface area contributed by atoms with E-state index < -0.39 is 6.09 Å². The number of hydrogen-bond donors (Lipinski definition) is 1. The molecule has 2 atom stereocenters. The molecule has 0 saturated carbocycles. The van der Waals surface area contributed by atoms with E-state index in [-0.39, 0.29) is 31.0 Å². The molecule has 2 aliphatic heterocycles. The van der Waals surface area contributed by atoms with E-state index in [1.807, 2.05) is 45.8 Å². The number of ether oxygens (including phenoxy) is 1. The molecule has 0 bridgehead atoms. The fourth-order valence-corrected chi connectivity index (χ4v) is 5.16. The largest absolute Gasteiger partial charge is 0.445 e. The van der Waals surface area contributed by atoms with E-state index in [1.54, 1.807) is 6.20 Å². The third kappa shape index (κ3) is 3.79. The van der Waals surface area contributed by atoms with Gasteiger partial charge in [-0.15, -0.1) is 0 Å². The summed E-state index contributed by atoms with van der Waals surface area (Å²) >= 11 is 3.48. The second-order valence-electron chi connectivity index (χ2n) is 8.19. The summed E-state index contributed by atoms with van der Waals surface area (Å²) in [5.41, 5.74) is 7.67. The minimum absolute atomic E-state index is 0.0156. The van der Waals surface area contributed by atoms with Gasteiger partial charge >= 0.3 is 6.09 Å². The van der Waals surface area contributed by atoms with Crippen molar-refractivity contribution in [1.29, 1.82) is 0 Å². The minimum atomic E-state index is -0.449. The van der Waals surface area contributed by atoms with Crippen LogP contribution in [0.3, 0.4) is 0 Å². The maximum Gasteiger partial charge on any atom is 0.410 e. The van der Waals surface area contributed by atoms with Gasteiger partial charge in [0.2, 0.25) is 5.91 Å². The number of carbonyl (C=O) groups excluding carboxylic acids is 2. The predicted octanol–water partition coefficient (Wildman–Crippen LogP) is 2.80. The molecule has 4 heterocycles. The van der Waals surface area contributed by atoms with Gasteiger partial charge in [0.15, 0.2) is 5.82 Å². The average Bonchev–Trinajstić information content (AvgIpc) is 3.15. The zero-order valence-corrected chi connectivity index (χ0v) is 18.9. The van der Waals surface area contributed by atoms with Gasteiger partial charge in [-0.3, -0.25) is 14.1 Å². The zero-order chi connectivity index (χ0) is 22.2. The quantitative estimate of drug-likeness (QED) is 0.594. The lowest BCUT2D eigenvalue weighted by atomic mass is 9.90. The Bertz CT molecular complexity index is 1170. The second-order valence-corrected chi connectivity index (χ2v) is 8.94. The van der Waals surface area contributed by atoms with Gasteiger partial charge in [-0.2, -0.15) is 0 Å². The third-order valence-electron chi connectivity index (χ3n) is 6.18. The van der Waals surface area contributed by atoms with Crippen LogP contribution >= 0.6 is 15.9 Å². The van der Waals surface area contributed by atoms with E-state index >= 15 is 0 Å². The average molecular weight is 499 g/mol. The topological polar surface area (TPSA) is 106 Å². The highest BCUT2D eigenvalue weighted by Gasteiger charge is 2.40. The summed E-state index contributed by atoms with van der Waals surface area (Å²) in [5.74, 6) is 1.28. The minimum Gasteiger partial charge on any atom is -0.445 e. The van der Waals surface area contributed by atoms with Crippen molar-refractivity contribution in [2.24, 2.45) is 0 Å². The molecule has 2 fully saturated rings. The molecule has 5 rings (SSSR count). The first-order valence-corrected chi connectivity index (χ1v) is 11.3. The molecule has 0 spiro atoms. The summed E-state index contributed by atoms with van der Waals surface area (Å²) in [6, 6.07) is 9.50. The van der Waals surface area contributed by atoms with Crippen molar-refractivity contribution >= 4 is 39.3 Å². The lowest BCUT2D eigenvalue weighted by molar-refractivity contribution is -0.141. The summed E-state index contributed by atoms with van der Waals surface area (Å²) in [6.45, 7) is 1.26. The Morgan fingerprint density at radius 3 is 2.84 bits per heavy atom. The smallest absolute Gasteiger partial charge is 0.410 e. The van der Waals surface area contributed by atoms with Crippen molar-refractivity contribution in [3.63, 3.8) is 0 Å². The number of nitrogens with two attached hydrogens (primary N) is 1. The van der Waals surface area contributed by atoms with Crippen LogP contribution in [-0.2, 0) is 16.1 Å². The van der Waals surface area contributed by atoms with Gasteiger partial charge in [-0.05, 0) is 34.3 Å². The fraction of sp³-hybridized carbons (Fsp3) is 0.364. The number of amides is 2. The molecular weight excluding hydrogens is 476 g/mol. The Morgan fingerprint density at radius 2 is 2.03 bits per heavy atom. The maximum atomic E-state index is 12.9. The highest BCUT2D eigenvalue weighted by Crippen LogP contribution is 2.34. The summed E-state index contributed by atoms with van der Waals surface area (Å²) in [5, 5.41) is 0. The molecule has 0 radical (unpaired) electrons. The van der Waals surface area contributed by atoms with E-state index in [0.29, 0.717) is 23.5 Å². The van der Waals surface area contributed by atoms with Crippen LogP contribution in [0.2, 0.25) is 0 Å². The fourth-order valence-electron chi connectivity index (χ4n) is 4.59. The Kier molecular flexibility index (Phi) is 5.46. The number of nitrogens with zero attached hydrogens (tertiary/aromatic N) is 5. The first-order chi connectivity index (χ1) is 15.5. The molecule has 32 heavy (non-hydrogen) atoms. The number of piperidine rings is 1. The van der Waals surface area contributed by atoms with Gasteiger partial charge in [0.1, 0.15) is 29.1 Å². The molecule has 2 aromatic heterocycles. The number of hydrogen-bond acceptors (Lipinski definition) is 6. The number of aromatic nitrogens is 3. The van der Waals surface area contributed by atoms with Gasteiger partial charge in [0.25, 0.3) is 0 Å². The molecule has 9 nitrogen and oxygen atoms in total. The van der Waals surface area contributed by atoms with Gasteiger partial charge < -0.3 is 15.4 Å². The number of carbonyl (C=O) groups is 2. The van der Waals surface area contributed by atoms with Crippen molar-refractivity contribution in [2.75, 3.05) is 25.4 Å². The first-order valence-electron chi connectivity index (χ1n) is 10.5. The van der Waals surface area contributed by atoms with Gasteiger partial charge in [-0.1, -0.05) is 30.3 Å². The Morgan fingerprint density at radius 1 is 1.22 bits per heavy atom. The van der Waals surface area contributed by atoms with Crippen LogP contribution in [-0.4, -0.2) is 61.8 Å². The summed E-state index contributed by atoms with van der Waals surface area (Å²) in [4.78, 5) is 37.7. The molecule has 3 aromatic rings. The van der Waals surface area contributed by atoms with E-state index in [9.17, 15) is 9.59 Å². The van der Waals surface area contributed by atoms with Crippen molar-refractivity contribution in [1.82, 2.24) is 24.2 Å². The van der Waals surface area contributed by atoms with Crippen LogP contribution in [0.1, 0.15) is 30.1 Å². The van der Waals surface area contributed by atoms with Crippen LogP contribution in [0.15, 0.2) is 47.3 Å². The molecule has 2 amide bonds. The number of imidazole rings is 1. The number of fused-ring (bicyclic) bond motifs is 2. The Hall–Kier alpha value is -3.14. The van der Waals surface area contributed by atoms with Gasteiger partial charge in [0, 0.05) is 37.4 Å². The molecule has 0 aliphatic carbocycles.